The van der Waals surface area contributed by atoms with Crippen LogP contribution in [-0.4, -0.2) is 23.1 Å². The SMILES string of the molecule is CC(C)(C)[Si](C)(C)Oc1cnn(-c2ncc(N)cc2Cl)c1. The first-order valence-corrected chi connectivity index (χ1v) is 10.0. The molecule has 7 heteroatoms. The lowest BCUT2D eigenvalue weighted by atomic mass is 10.2. The molecule has 0 unspecified atom stereocenters. The van der Waals surface area contributed by atoms with Crippen LogP contribution < -0.4 is 10.2 Å². The molecule has 0 saturated heterocycles. The van der Waals surface area contributed by atoms with Crippen molar-refractivity contribution >= 4 is 25.6 Å². The summed E-state index contributed by atoms with van der Waals surface area (Å²) in [4.78, 5) is 4.21. The molecule has 0 aliphatic rings. The zero-order chi connectivity index (χ0) is 15.8. The summed E-state index contributed by atoms with van der Waals surface area (Å²) in [6.07, 6.45) is 5.04. The topological polar surface area (TPSA) is 66.0 Å². The second kappa shape index (κ2) is 5.34. The number of nitrogens with zero attached hydrogens (tertiary/aromatic N) is 3. The van der Waals surface area contributed by atoms with E-state index >= 15 is 0 Å². The number of aromatic nitrogens is 3. The van der Waals surface area contributed by atoms with Crippen LogP contribution in [0, 0.1) is 0 Å². The summed E-state index contributed by atoms with van der Waals surface area (Å²) in [6, 6.07) is 1.65. The summed E-state index contributed by atoms with van der Waals surface area (Å²) in [6.45, 7) is 11.0. The highest BCUT2D eigenvalue weighted by molar-refractivity contribution is 6.74. The number of nitrogen functional groups attached to an aromatic ring is 1. The highest BCUT2D eigenvalue weighted by atomic mass is 35.5. The van der Waals surface area contributed by atoms with E-state index in [9.17, 15) is 0 Å². The second-order valence-corrected chi connectivity index (χ2v) is 11.7. The molecule has 2 rings (SSSR count). The van der Waals surface area contributed by atoms with Crippen molar-refractivity contribution in [3.8, 4) is 11.6 Å². The Balaban J connectivity index is 2.26. The normalized spacial score (nSPS) is 12.5. The molecule has 0 atom stereocenters. The van der Waals surface area contributed by atoms with Crippen LogP contribution in [0.4, 0.5) is 5.69 Å². The average Bonchev–Trinajstić information content (AvgIpc) is 2.74. The molecule has 114 valence electrons. The third-order valence-electron chi connectivity index (χ3n) is 3.80. The highest BCUT2D eigenvalue weighted by Crippen LogP contribution is 2.37. The monoisotopic (exact) mass is 324 g/mol. The van der Waals surface area contributed by atoms with Crippen molar-refractivity contribution < 1.29 is 4.43 Å². The van der Waals surface area contributed by atoms with Crippen molar-refractivity contribution in [3.63, 3.8) is 0 Å². The van der Waals surface area contributed by atoms with Crippen molar-refractivity contribution in [2.24, 2.45) is 0 Å². The predicted molar refractivity (Wildman–Crippen MR) is 88.6 cm³/mol. The predicted octanol–water partition coefficient (Wildman–Crippen LogP) is 3.89. The van der Waals surface area contributed by atoms with Gasteiger partial charge >= 0.3 is 0 Å². The number of nitrogens with two attached hydrogens (primary N) is 1. The summed E-state index contributed by atoms with van der Waals surface area (Å²) in [5, 5.41) is 4.86. The molecular formula is C14H21ClN4OSi. The standard InChI is InChI=1S/C14H21ClN4OSi/c1-14(2,3)21(4,5)20-11-8-18-19(9-11)13-12(15)6-10(16)7-17-13/h6-9H,16H2,1-5H3. The van der Waals surface area contributed by atoms with E-state index in [4.69, 9.17) is 21.8 Å². The first kappa shape index (κ1) is 15.8. The van der Waals surface area contributed by atoms with Gasteiger partial charge in [0.1, 0.15) is 5.75 Å². The summed E-state index contributed by atoms with van der Waals surface area (Å²) in [5.41, 5.74) is 6.17. The van der Waals surface area contributed by atoms with Crippen LogP contribution in [0.3, 0.4) is 0 Å². The number of anilines is 1. The smallest absolute Gasteiger partial charge is 0.250 e. The maximum atomic E-state index is 6.19. The molecule has 0 aliphatic heterocycles. The van der Waals surface area contributed by atoms with Crippen LogP contribution in [0.1, 0.15) is 20.8 Å². The molecule has 21 heavy (non-hydrogen) atoms. The molecular weight excluding hydrogens is 304 g/mol. The number of hydrogen-bond acceptors (Lipinski definition) is 4. The fraction of sp³-hybridized carbons (Fsp3) is 0.429. The average molecular weight is 325 g/mol. The Hall–Kier alpha value is -1.53. The van der Waals surface area contributed by atoms with Gasteiger partial charge in [-0.3, -0.25) is 0 Å². The summed E-state index contributed by atoms with van der Waals surface area (Å²) >= 11 is 6.14. The zero-order valence-corrected chi connectivity index (χ0v) is 14.8. The molecule has 0 aliphatic carbocycles. The van der Waals surface area contributed by atoms with E-state index in [1.807, 2.05) is 0 Å². The lowest BCUT2D eigenvalue weighted by Crippen LogP contribution is -2.43. The lowest BCUT2D eigenvalue weighted by Gasteiger charge is -2.35. The van der Waals surface area contributed by atoms with Gasteiger partial charge in [-0.1, -0.05) is 32.4 Å². The molecule has 0 saturated carbocycles. The van der Waals surface area contributed by atoms with Gasteiger partial charge < -0.3 is 10.2 Å². The molecule has 2 aromatic heterocycles. The third kappa shape index (κ3) is 3.38. The summed E-state index contributed by atoms with van der Waals surface area (Å²) < 4.78 is 7.79. The van der Waals surface area contributed by atoms with Gasteiger partial charge in [0.25, 0.3) is 8.32 Å². The first-order chi connectivity index (χ1) is 9.60. The maximum Gasteiger partial charge on any atom is 0.250 e. The van der Waals surface area contributed by atoms with Crippen molar-refractivity contribution in [3.05, 3.63) is 29.7 Å². The fourth-order valence-electron chi connectivity index (χ4n) is 1.54. The summed E-state index contributed by atoms with van der Waals surface area (Å²) in [7, 11) is -1.88. The molecule has 0 radical (unpaired) electrons. The molecule has 0 bridgehead atoms. The van der Waals surface area contributed by atoms with Gasteiger partial charge in [0.15, 0.2) is 5.82 Å². The minimum atomic E-state index is -1.88. The van der Waals surface area contributed by atoms with Crippen LogP contribution in [-0.2, 0) is 0 Å². The van der Waals surface area contributed by atoms with Crippen molar-refractivity contribution in [2.75, 3.05) is 5.73 Å². The molecule has 2 aromatic rings. The fourth-order valence-corrected chi connectivity index (χ4v) is 2.80. The van der Waals surface area contributed by atoms with Gasteiger partial charge in [0.05, 0.1) is 29.3 Å². The van der Waals surface area contributed by atoms with E-state index < -0.39 is 8.32 Å². The molecule has 2 N–H and O–H groups in total. The van der Waals surface area contributed by atoms with E-state index in [0.29, 0.717) is 16.5 Å². The van der Waals surface area contributed by atoms with Crippen molar-refractivity contribution in [2.45, 2.75) is 38.9 Å². The maximum absolute atomic E-state index is 6.19. The number of hydrogen-bond donors (Lipinski definition) is 1. The Kier molecular flexibility index (Phi) is 4.03. The van der Waals surface area contributed by atoms with Gasteiger partial charge in [-0.25, -0.2) is 9.67 Å². The molecule has 0 amide bonds. The molecule has 5 nitrogen and oxygen atoms in total. The quantitative estimate of drug-likeness (QED) is 0.870. The van der Waals surface area contributed by atoms with Crippen LogP contribution in [0.15, 0.2) is 24.7 Å². The summed E-state index contributed by atoms with van der Waals surface area (Å²) in [5.74, 6) is 1.27. The third-order valence-corrected chi connectivity index (χ3v) is 8.43. The lowest BCUT2D eigenvalue weighted by molar-refractivity contribution is 0.492. The Morgan fingerprint density at radius 3 is 2.52 bits per heavy atom. The van der Waals surface area contributed by atoms with E-state index in [0.717, 1.165) is 5.75 Å². The minimum Gasteiger partial charge on any atom is -0.541 e. The zero-order valence-electron chi connectivity index (χ0n) is 13.0. The number of rotatable bonds is 3. The van der Waals surface area contributed by atoms with Gasteiger partial charge in [0.2, 0.25) is 0 Å². The highest BCUT2D eigenvalue weighted by Gasteiger charge is 2.39. The van der Waals surface area contributed by atoms with Crippen molar-refractivity contribution in [1.29, 1.82) is 0 Å². The van der Waals surface area contributed by atoms with Crippen LogP contribution in [0.2, 0.25) is 23.2 Å². The van der Waals surface area contributed by atoms with Gasteiger partial charge in [0, 0.05) is 0 Å². The second-order valence-electron chi connectivity index (χ2n) is 6.56. The van der Waals surface area contributed by atoms with Crippen molar-refractivity contribution in [1.82, 2.24) is 14.8 Å². The van der Waals surface area contributed by atoms with Gasteiger partial charge in [-0.2, -0.15) is 5.10 Å². The molecule has 0 spiro atoms. The van der Waals surface area contributed by atoms with Crippen LogP contribution >= 0.6 is 11.6 Å². The van der Waals surface area contributed by atoms with Crippen LogP contribution in [0.5, 0.6) is 5.75 Å². The number of halogens is 1. The largest absolute Gasteiger partial charge is 0.541 e. The van der Waals surface area contributed by atoms with E-state index in [1.54, 1.807) is 29.3 Å². The van der Waals surface area contributed by atoms with Crippen LogP contribution in [0.25, 0.3) is 5.82 Å². The van der Waals surface area contributed by atoms with E-state index in [1.165, 1.54) is 0 Å². The molecule has 0 fully saturated rings. The van der Waals surface area contributed by atoms with E-state index in [-0.39, 0.29) is 5.04 Å². The van der Waals surface area contributed by atoms with E-state index in [2.05, 4.69) is 43.9 Å². The van der Waals surface area contributed by atoms with Gasteiger partial charge in [-0.05, 0) is 24.2 Å². The Bertz CT molecular complexity index is 649. The Morgan fingerprint density at radius 1 is 1.29 bits per heavy atom. The Morgan fingerprint density at radius 2 is 1.95 bits per heavy atom. The molecule has 2 heterocycles. The Labute approximate surface area is 131 Å². The van der Waals surface area contributed by atoms with Gasteiger partial charge in [-0.15, -0.1) is 0 Å². The first-order valence-electron chi connectivity index (χ1n) is 6.75. The minimum absolute atomic E-state index is 0.131. The molecule has 0 aromatic carbocycles. The number of pyridine rings is 1.